The number of esters is 2. The van der Waals surface area contributed by atoms with Gasteiger partial charge in [-0.3, -0.25) is 20.2 Å². The average molecular weight is 503 g/mol. The number of thiocyanates is 1. The zero-order valence-corrected chi connectivity index (χ0v) is 18.8. The van der Waals surface area contributed by atoms with Crippen LogP contribution >= 0.6 is 11.8 Å². The van der Waals surface area contributed by atoms with Crippen molar-refractivity contribution in [3.63, 3.8) is 0 Å². The molecule has 1 aliphatic heterocycles. The summed E-state index contributed by atoms with van der Waals surface area (Å²) in [5.74, 6) is -1.59. The second-order valence-electron chi connectivity index (χ2n) is 7.03. The van der Waals surface area contributed by atoms with Gasteiger partial charge in [-0.1, -0.05) is 0 Å². The van der Waals surface area contributed by atoms with Gasteiger partial charge in [0.15, 0.2) is 12.4 Å². The summed E-state index contributed by atoms with van der Waals surface area (Å²) < 4.78 is 21.6. The highest BCUT2D eigenvalue weighted by Crippen LogP contribution is 2.34. The van der Waals surface area contributed by atoms with Gasteiger partial charge in [-0.25, -0.2) is 9.59 Å². The van der Waals surface area contributed by atoms with Crippen molar-refractivity contribution in [1.29, 1.82) is 5.26 Å². The van der Waals surface area contributed by atoms with Crippen LogP contribution < -0.4 is 0 Å². The minimum absolute atomic E-state index is 0.0409. The zero-order valence-electron chi connectivity index (χ0n) is 18.0. The number of methoxy groups -OCH3 is 1. The van der Waals surface area contributed by atoms with E-state index in [1.54, 1.807) is 0 Å². The molecule has 13 nitrogen and oxygen atoms in total. The van der Waals surface area contributed by atoms with Gasteiger partial charge in [0, 0.05) is 31.4 Å². The SMILES string of the molecule is CO[C@@H]1O[C@@H](COC(=O)c2ccc([N+](=O)[O-])cc2)[C@@H](SC#N)[C@H]1OC(=O)c1ccc([N+](=O)[O-])cc1. The van der Waals surface area contributed by atoms with Crippen molar-refractivity contribution in [1.82, 2.24) is 0 Å². The molecule has 0 saturated carbocycles. The van der Waals surface area contributed by atoms with Crippen LogP contribution in [0.2, 0.25) is 0 Å². The summed E-state index contributed by atoms with van der Waals surface area (Å²) >= 11 is 0.738. The molecule has 4 atom stereocenters. The molecule has 14 heteroatoms. The first kappa shape index (κ1) is 25.6. The summed E-state index contributed by atoms with van der Waals surface area (Å²) in [5, 5.41) is 31.9. The van der Waals surface area contributed by atoms with E-state index in [2.05, 4.69) is 0 Å². The fraction of sp³-hybridized carbons (Fsp3) is 0.286. The highest BCUT2D eigenvalue weighted by molar-refractivity contribution is 8.04. The van der Waals surface area contributed by atoms with Gasteiger partial charge in [0.05, 0.1) is 26.2 Å². The summed E-state index contributed by atoms with van der Waals surface area (Å²) in [5.41, 5.74) is -0.276. The van der Waals surface area contributed by atoms with Gasteiger partial charge in [0.25, 0.3) is 11.4 Å². The number of nitro benzene ring substituents is 2. The Labute approximate surface area is 201 Å². The van der Waals surface area contributed by atoms with Crippen molar-refractivity contribution in [3.8, 4) is 5.40 Å². The molecule has 0 spiro atoms. The molecule has 35 heavy (non-hydrogen) atoms. The molecule has 0 aromatic heterocycles. The standard InChI is InChI=1S/C21H17N3O10S/c1-31-21-17(34-20(26)13-4-8-15(9-5-13)24(29)30)18(35-11-22)16(33-21)10-32-19(25)12-2-6-14(7-3-12)23(27)28/h2-9,16-18,21H,10H2,1H3/t16-,17+,18+,21+/m0/s1. The number of rotatable bonds is 9. The van der Waals surface area contributed by atoms with E-state index >= 15 is 0 Å². The highest BCUT2D eigenvalue weighted by atomic mass is 32.2. The first-order valence-electron chi connectivity index (χ1n) is 9.85. The van der Waals surface area contributed by atoms with E-state index in [-0.39, 0.29) is 29.1 Å². The first-order chi connectivity index (χ1) is 16.7. The molecule has 0 amide bonds. The molecule has 2 aromatic carbocycles. The summed E-state index contributed by atoms with van der Waals surface area (Å²) in [7, 11) is 1.30. The molecular formula is C21H17N3O10S. The van der Waals surface area contributed by atoms with E-state index in [0.717, 1.165) is 36.0 Å². The van der Waals surface area contributed by atoms with Crippen LogP contribution in [0.3, 0.4) is 0 Å². The third-order valence-electron chi connectivity index (χ3n) is 4.94. The van der Waals surface area contributed by atoms with Gasteiger partial charge in [-0.15, -0.1) is 0 Å². The molecule has 182 valence electrons. The summed E-state index contributed by atoms with van der Waals surface area (Å²) in [6, 6.07) is 9.56. The molecular weight excluding hydrogens is 486 g/mol. The Morgan fingerprint density at radius 1 is 1.00 bits per heavy atom. The number of carbonyl (C=O) groups is 2. The van der Waals surface area contributed by atoms with Crippen molar-refractivity contribution in [2.45, 2.75) is 23.7 Å². The van der Waals surface area contributed by atoms with Crippen LogP contribution in [0.4, 0.5) is 11.4 Å². The Morgan fingerprint density at radius 3 is 1.97 bits per heavy atom. The number of hydrogen-bond acceptors (Lipinski definition) is 12. The van der Waals surface area contributed by atoms with E-state index < -0.39 is 45.5 Å². The predicted molar refractivity (Wildman–Crippen MR) is 118 cm³/mol. The van der Waals surface area contributed by atoms with Crippen LogP contribution in [-0.4, -0.2) is 59.2 Å². The smallest absolute Gasteiger partial charge is 0.338 e. The maximum absolute atomic E-state index is 12.6. The minimum Gasteiger partial charge on any atom is -0.459 e. The van der Waals surface area contributed by atoms with E-state index in [4.69, 9.17) is 18.9 Å². The van der Waals surface area contributed by atoms with Crippen LogP contribution in [-0.2, 0) is 18.9 Å². The number of non-ortho nitro benzene ring substituents is 2. The molecule has 1 saturated heterocycles. The Morgan fingerprint density at radius 2 is 1.51 bits per heavy atom. The first-order valence-corrected chi connectivity index (χ1v) is 10.7. The van der Waals surface area contributed by atoms with Gasteiger partial charge >= 0.3 is 11.9 Å². The van der Waals surface area contributed by atoms with Gasteiger partial charge in [0.2, 0.25) is 0 Å². The maximum Gasteiger partial charge on any atom is 0.338 e. The topological polar surface area (TPSA) is 181 Å². The molecule has 0 bridgehead atoms. The lowest BCUT2D eigenvalue weighted by Gasteiger charge is -2.21. The third kappa shape index (κ3) is 6.09. The van der Waals surface area contributed by atoms with Gasteiger partial charge in [-0.2, -0.15) is 5.26 Å². The lowest BCUT2D eigenvalue weighted by atomic mass is 10.1. The molecule has 0 N–H and O–H groups in total. The fourth-order valence-electron chi connectivity index (χ4n) is 3.22. The normalized spacial score (nSPS) is 21.0. The Bertz CT molecular complexity index is 1150. The van der Waals surface area contributed by atoms with Crippen molar-refractivity contribution < 1.29 is 38.4 Å². The number of nitriles is 1. The number of carbonyl (C=O) groups excluding carboxylic acids is 2. The number of nitrogens with zero attached hydrogens (tertiary/aromatic N) is 3. The Hall–Kier alpha value is -4.06. The number of hydrogen-bond donors (Lipinski definition) is 0. The van der Waals surface area contributed by atoms with E-state index in [9.17, 15) is 35.1 Å². The van der Waals surface area contributed by atoms with Crippen molar-refractivity contribution in [3.05, 3.63) is 79.9 Å². The van der Waals surface area contributed by atoms with Gasteiger partial charge in [-0.05, 0) is 36.0 Å². The third-order valence-corrected chi connectivity index (χ3v) is 5.89. The molecule has 1 heterocycles. The minimum atomic E-state index is -1.08. The molecule has 1 fully saturated rings. The van der Waals surface area contributed by atoms with Crippen LogP contribution in [0.25, 0.3) is 0 Å². The molecule has 2 aromatic rings. The molecule has 3 rings (SSSR count). The van der Waals surface area contributed by atoms with E-state index in [1.807, 2.05) is 5.40 Å². The van der Waals surface area contributed by atoms with Crippen LogP contribution in [0, 0.1) is 30.9 Å². The second kappa shape index (κ2) is 11.4. The average Bonchev–Trinajstić information content (AvgIpc) is 3.18. The summed E-state index contributed by atoms with van der Waals surface area (Å²) in [6.45, 7) is -0.319. The maximum atomic E-state index is 12.6. The molecule has 1 aliphatic rings. The number of ether oxygens (including phenoxy) is 4. The highest BCUT2D eigenvalue weighted by Gasteiger charge is 2.48. The largest absolute Gasteiger partial charge is 0.459 e. The summed E-state index contributed by atoms with van der Waals surface area (Å²) in [6.07, 6.45) is -3.03. The molecule has 0 aliphatic carbocycles. The van der Waals surface area contributed by atoms with Crippen LogP contribution in [0.5, 0.6) is 0 Å². The fourth-order valence-corrected chi connectivity index (χ4v) is 3.95. The lowest BCUT2D eigenvalue weighted by molar-refractivity contribution is -0.385. The van der Waals surface area contributed by atoms with E-state index in [0.29, 0.717) is 0 Å². The van der Waals surface area contributed by atoms with E-state index in [1.165, 1.54) is 31.4 Å². The number of thioether (sulfide) groups is 1. The van der Waals surface area contributed by atoms with Crippen molar-refractivity contribution in [2.24, 2.45) is 0 Å². The molecule has 0 unspecified atom stereocenters. The Balaban J connectivity index is 1.68. The van der Waals surface area contributed by atoms with Crippen LogP contribution in [0.15, 0.2) is 48.5 Å². The number of benzene rings is 2. The number of nitro groups is 2. The lowest BCUT2D eigenvalue weighted by Crippen LogP contribution is -2.37. The predicted octanol–water partition coefficient (Wildman–Crippen LogP) is 2.84. The van der Waals surface area contributed by atoms with Crippen molar-refractivity contribution >= 4 is 35.1 Å². The Kier molecular flexibility index (Phi) is 8.31. The van der Waals surface area contributed by atoms with Crippen LogP contribution in [0.1, 0.15) is 20.7 Å². The molecule has 0 radical (unpaired) electrons. The van der Waals surface area contributed by atoms with Crippen molar-refractivity contribution in [2.75, 3.05) is 13.7 Å². The van der Waals surface area contributed by atoms with Gasteiger partial charge in [0.1, 0.15) is 18.1 Å². The quantitative estimate of drug-likeness (QED) is 0.211. The zero-order chi connectivity index (χ0) is 25.5. The summed E-state index contributed by atoms with van der Waals surface area (Å²) in [4.78, 5) is 45.3. The second-order valence-corrected chi connectivity index (χ2v) is 7.99. The van der Waals surface area contributed by atoms with Gasteiger partial charge < -0.3 is 18.9 Å². The monoisotopic (exact) mass is 503 g/mol.